The summed E-state index contributed by atoms with van der Waals surface area (Å²) in [5.74, 6) is 0.898. The molecule has 0 aromatic carbocycles. The molecule has 0 unspecified atom stereocenters. The van der Waals surface area contributed by atoms with Crippen molar-refractivity contribution >= 4 is 44.9 Å². The third kappa shape index (κ3) is 3.16. The first-order valence-electron chi connectivity index (χ1n) is 7.05. The minimum Gasteiger partial charge on any atom is -0.378 e. The normalized spacial score (nSPS) is 15.3. The number of amides is 1. The first-order chi connectivity index (χ1) is 10.5. The molecule has 1 fully saturated rings. The highest BCUT2D eigenvalue weighted by molar-refractivity contribution is 7.19. The van der Waals surface area contributed by atoms with Crippen molar-refractivity contribution in [1.82, 2.24) is 14.9 Å². The smallest absolute Gasteiger partial charge is 0.224 e. The second-order valence-electron chi connectivity index (χ2n) is 5.22. The van der Waals surface area contributed by atoms with Crippen molar-refractivity contribution in [2.45, 2.75) is 13.5 Å². The van der Waals surface area contributed by atoms with Gasteiger partial charge in [0.25, 0.3) is 0 Å². The van der Waals surface area contributed by atoms with Gasteiger partial charge in [0.1, 0.15) is 0 Å². The molecule has 2 aromatic heterocycles. The van der Waals surface area contributed by atoms with Crippen molar-refractivity contribution < 1.29 is 9.53 Å². The number of anilines is 1. The Kier molecular flexibility index (Phi) is 4.46. The summed E-state index contributed by atoms with van der Waals surface area (Å²) in [4.78, 5) is 25.0. The predicted octanol–water partition coefficient (Wildman–Crippen LogP) is 2.16. The lowest BCUT2D eigenvalue weighted by Gasteiger charge is -2.28. The predicted molar refractivity (Wildman–Crippen MR) is 87.6 cm³/mol. The summed E-state index contributed by atoms with van der Waals surface area (Å²) in [7, 11) is 1.79. The molecule has 22 heavy (non-hydrogen) atoms. The maximum Gasteiger partial charge on any atom is 0.224 e. The summed E-state index contributed by atoms with van der Waals surface area (Å²) in [6.07, 6.45) is 0. The molecule has 8 heteroatoms. The standard InChI is InChI=1S/C14H17ClN4O2S/c1-9(20)18(2)8-10-7-11-12(22-10)13(17-14(15)16-11)19-3-5-21-6-4-19/h7H,3-6,8H2,1-2H3. The molecule has 0 atom stereocenters. The number of fused-ring (bicyclic) bond motifs is 1. The third-order valence-electron chi connectivity index (χ3n) is 3.62. The Morgan fingerprint density at radius 3 is 2.86 bits per heavy atom. The van der Waals surface area contributed by atoms with Crippen LogP contribution in [-0.4, -0.2) is 54.1 Å². The number of thiophene rings is 1. The number of ether oxygens (including phenoxy) is 1. The summed E-state index contributed by atoms with van der Waals surface area (Å²) in [5.41, 5.74) is 0.832. The number of hydrogen-bond donors (Lipinski definition) is 0. The second-order valence-corrected chi connectivity index (χ2v) is 6.69. The third-order valence-corrected chi connectivity index (χ3v) is 4.89. The Morgan fingerprint density at radius 1 is 1.45 bits per heavy atom. The van der Waals surface area contributed by atoms with Crippen LogP contribution in [0.15, 0.2) is 6.07 Å². The SMILES string of the molecule is CC(=O)N(C)Cc1cc2nc(Cl)nc(N3CCOCC3)c2s1. The molecular weight excluding hydrogens is 324 g/mol. The van der Waals surface area contributed by atoms with Gasteiger partial charge in [0.15, 0.2) is 5.82 Å². The van der Waals surface area contributed by atoms with E-state index in [-0.39, 0.29) is 11.2 Å². The molecule has 0 aliphatic carbocycles. The summed E-state index contributed by atoms with van der Waals surface area (Å²) in [6.45, 7) is 5.09. The van der Waals surface area contributed by atoms with E-state index in [4.69, 9.17) is 16.3 Å². The van der Waals surface area contributed by atoms with Crippen LogP contribution >= 0.6 is 22.9 Å². The van der Waals surface area contributed by atoms with Gasteiger partial charge >= 0.3 is 0 Å². The molecule has 2 aromatic rings. The van der Waals surface area contributed by atoms with E-state index in [0.717, 1.165) is 34.0 Å². The van der Waals surface area contributed by atoms with E-state index in [1.807, 2.05) is 6.07 Å². The fourth-order valence-corrected chi connectivity index (χ4v) is 3.69. The van der Waals surface area contributed by atoms with E-state index in [0.29, 0.717) is 19.8 Å². The average molecular weight is 341 g/mol. The van der Waals surface area contributed by atoms with Crippen molar-refractivity contribution in [3.8, 4) is 0 Å². The van der Waals surface area contributed by atoms with E-state index in [1.165, 1.54) is 0 Å². The molecule has 1 aliphatic rings. The van der Waals surface area contributed by atoms with Gasteiger partial charge in [-0.05, 0) is 17.7 Å². The van der Waals surface area contributed by atoms with E-state index >= 15 is 0 Å². The number of rotatable bonds is 3. The zero-order valence-corrected chi connectivity index (χ0v) is 14.1. The molecule has 118 valence electrons. The molecule has 1 saturated heterocycles. The highest BCUT2D eigenvalue weighted by Gasteiger charge is 2.19. The van der Waals surface area contributed by atoms with Crippen LogP contribution in [0.25, 0.3) is 10.2 Å². The lowest BCUT2D eigenvalue weighted by atomic mass is 10.3. The topological polar surface area (TPSA) is 58.6 Å². The molecule has 0 radical (unpaired) electrons. The van der Waals surface area contributed by atoms with Gasteiger partial charge < -0.3 is 14.5 Å². The van der Waals surface area contributed by atoms with Gasteiger partial charge in [0, 0.05) is 31.9 Å². The number of hydrogen-bond acceptors (Lipinski definition) is 6. The number of halogens is 1. The second kappa shape index (κ2) is 6.36. The first-order valence-corrected chi connectivity index (χ1v) is 8.24. The molecule has 3 rings (SSSR count). The van der Waals surface area contributed by atoms with Crippen LogP contribution in [0.3, 0.4) is 0 Å². The van der Waals surface area contributed by atoms with Gasteiger partial charge in [0.05, 0.1) is 30.0 Å². The molecular formula is C14H17ClN4O2S. The van der Waals surface area contributed by atoms with Crippen LogP contribution in [0, 0.1) is 0 Å². The lowest BCUT2D eigenvalue weighted by Crippen LogP contribution is -2.36. The zero-order chi connectivity index (χ0) is 15.7. The molecule has 3 heterocycles. The van der Waals surface area contributed by atoms with Crippen LogP contribution in [0.5, 0.6) is 0 Å². The van der Waals surface area contributed by atoms with Gasteiger partial charge in [-0.3, -0.25) is 4.79 Å². The highest BCUT2D eigenvalue weighted by Crippen LogP contribution is 2.33. The number of carbonyl (C=O) groups excluding carboxylic acids is 1. The molecule has 6 nitrogen and oxygen atoms in total. The largest absolute Gasteiger partial charge is 0.378 e. The Hall–Kier alpha value is -1.44. The summed E-state index contributed by atoms with van der Waals surface area (Å²) < 4.78 is 6.40. The molecule has 0 bridgehead atoms. The van der Waals surface area contributed by atoms with E-state index in [9.17, 15) is 4.79 Å². The molecule has 0 spiro atoms. The van der Waals surface area contributed by atoms with Gasteiger partial charge in [-0.1, -0.05) is 0 Å². The summed E-state index contributed by atoms with van der Waals surface area (Å²) in [5, 5.41) is 0.248. The van der Waals surface area contributed by atoms with Gasteiger partial charge in [0.2, 0.25) is 11.2 Å². The van der Waals surface area contributed by atoms with Crippen LogP contribution < -0.4 is 4.90 Å². The van der Waals surface area contributed by atoms with Gasteiger partial charge in [-0.2, -0.15) is 4.98 Å². The molecule has 0 N–H and O–H groups in total. The monoisotopic (exact) mass is 340 g/mol. The minimum atomic E-state index is 0.0370. The van der Waals surface area contributed by atoms with Crippen LogP contribution in [0.4, 0.5) is 5.82 Å². The van der Waals surface area contributed by atoms with Gasteiger partial charge in [-0.15, -0.1) is 11.3 Å². The zero-order valence-electron chi connectivity index (χ0n) is 12.5. The summed E-state index contributed by atoms with van der Waals surface area (Å²) >= 11 is 7.68. The van der Waals surface area contributed by atoms with Crippen molar-refractivity contribution in [3.63, 3.8) is 0 Å². The lowest BCUT2D eigenvalue weighted by molar-refractivity contribution is -0.128. The Bertz CT molecular complexity index is 699. The van der Waals surface area contributed by atoms with E-state index in [1.54, 1.807) is 30.2 Å². The van der Waals surface area contributed by atoms with Crippen molar-refractivity contribution in [3.05, 3.63) is 16.2 Å². The van der Waals surface area contributed by atoms with E-state index < -0.39 is 0 Å². The van der Waals surface area contributed by atoms with Crippen molar-refractivity contribution in [1.29, 1.82) is 0 Å². The number of morpholine rings is 1. The maximum absolute atomic E-state index is 11.4. The number of aromatic nitrogens is 2. The molecule has 1 aliphatic heterocycles. The Labute approximate surface area is 137 Å². The van der Waals surface area contributed by atoms with Crippen LogP contribution in [0.1, 0.15) is 11.8 Å². The Morgan fingerprint density at radius 2 is 2.18 bits per heavy atom. The molecule has 0 saturated carbocycles. The van der Waals surface area contributed by atoms with Gasteiger partial charge in [-0.25, -0.2) is 4.98 Å². The number of carbonyl (C=O) groups is 1. The van der Waals surface area contributed by atoms with Crippen LogP contribution in [0.2, 0.25) is 5.28 Å². The minimum absolute atomic E-state index is 0.0370. The van der Waals surface area contributed by atoms with Crippen LogP contribution in [-0.2, 0) is 16.1 Å². The first kappa shape index (κ1) is 15.5. The fourth-order valence-electron chi connectivity index (χ4n) is 2.35. The van der Waals surface area contributed by atoms with Crippen molar-refractivity contribution in [2.24, 2.45) is 0 Å². The summed E-state index contributed by atoms with van der Waals surface area (Å²) in [6, 6.07) is 1.98. The van der Waals surface area contributed by atoms with Crippen molar-refractivity contribution in [2.75, 3.05) is 38.3 Å². The highest BCUT2D eigenvalue weighted by atomic mass is 35.5. The number of nitrogens with zero attached hydrogens (tertiary/aromatic N) is 4. The average Bonchev–Trinajstić information content (AvgIpc) is 2.89. The Balaban J connectivity index is 1.97. The maximum atomic E-state index is 11.4. The fraction of sp³-hybridized carbons (Fsp3) is 0.500. The van der Waals surface area contributed by atoms with E-state index in [2.05, 4.69) is 14.9 Å². The quantitative estimate of drug-likeness (QED) is 0.801. The molecule has 1 amide bonds.